The minimum absolute atomic E-state index is 0.280. The fourth-order valence-corrected chi connectivity index (χ4v) is 1.98. The van der Waals surface area contributed by atoms with Gasteiger partial charge in [0.15, 0.2) is 13.2 Å². The second kappa shape index (κ2) is 8.79. The highest BCUT2D eigenvalue weighted by Crippen LogP contribution is 2.27. The van der Waals surface area contributed by atoms with E-state index >= 15 is 0 Å². The number of benzene rings is 2. The molecule has 126 valence electrons. The number of carbonyl (C=O) groups excluding carboxylic acids is 2. The molecule has 2 aromatic rings. The molecule has 0 saturated heterocycles. The monoisotopic (exact) mass is 349 g/mol. The molecule has 0 unspecified atom stereocenters. The van der Waals surface area contributed by atoms with Crippen LogP contribution in [0.15, 0.2) is 48.5 Å². The van der Waals surface area contributed by atoms with E-state index in [9.17, 15) is 9.59 Å². The fraction of sp³-hybridized carbons (Fsp3) is 0.176. The first-order chi connectivity index (χ1) is 11.6. The lowest BCUT2D eigenvalue weighted by Crippen LogP contribution is -2.23. The quantitative estimate of drug-likeness (QED) is 0.778. The van der Waals surface area contributed by atoms with Crippen molar-refractivity contribution in [1.82, 2.24) is 0 Å². The van der Waals surface area contributed by atoms with E-state index in [1.807, 2.05) is 6.07 Å². The van der Waals surface area contributed by atoms with Crippen LogP contribution in [-0.4, -0.2) is 32.2 Å². The highest BCUT2D eigenvalue weighted by Gasteiger charge is 2.11. The second-order valence-corrected chi connectivity index (χ2v) is 5.09. The van der Waals surface area contributed by atoms with E-state index < -0.39 is 18.5 Å². The predicted octanol–water partition coefficient (Wildman–Crippen LogP) is 2.91. The lowest BCUT2D eigenvalue weighted by molar-refractivity contribution is -0.149. The number of methoxy groups -OCH3 is 1. The van der Waals surface area contributed by atoms with E-state index in [2.05, 4.69) is 5.32 Å². The molecule has 0 atom stereocenters. The molecule has 0 saturated carbocycles. The number of rotatable bonds is 7. The summed E-state index contributed by atoms with van der Waals surface area (Å²) < 4.78 is 15.2. The van der Waals surface area contributed by atoms with Crippen molar-refractivity contribution in [2.24, 2.45) is 0 Å². The molecule has 0 bridgehead atoms. The zero-order valence-electron chi connectivity index (χ0n) is 13.0. The minimum Gasteiger partial charge on any atom is -0.495 e. The number of para-hydroxylation sites is 1. The van der Waals surface area contributed by atoms with Gasteiger partial charge in [0.1, 0.15) is 11.5 Å². The molecule has 0 aliphatic rings. The van der Waals surface area contributed by atoms with E-state index in [0.29, 0.717) is 22.2 Å². The van der Waals surface area contributed by atoms with E-state index in [-0.39, 0.29) is 6.61 Å². The lowest BCUT2D eigenvalue weighted by atomic mass is 10.3. The van der Waals surface area contributed by atoms with Gasteiger partial charge in [-0.05, 0) is 30.3 Å². The van der Waals surface area contributed by atoms with Gasteiger partial charge < -0.3 is 19.5 Å². The zero-order valence-corrected chi connectivity index (χ0v) is 13.7. The summed E-state index contributed by atoms with van der Waals surface area (Å²) in [7, 11) is 1.47. The van der Waals surface area contributed by atoms with Crippen LogP contribution < -0.4 is 14.8 Å². The SMILES string of the molecule is COc1ccc(Cl)cc1NC(=O)COC(=O)COc1ccccc1. The number of anilines is 1. The average molecular weight is 350 g/mol. The van der Waals surface area contributed by atoms with Gasteiger partial charge in [-0.2, -0.15) is 0 Å². The van der Waals surface area contributed by atoms with Crippen LogP contribution >= 0.6 is 11.6 Å². The molecule has 6 nitrogen and oxygen atoms in total. The molecule has 24 heavy (non-hydrogen) atoms. The highest BCUT2D eigenvalue weighted by atomic mass is 35.5. The summed E-state index contributed by atoms with van der Waals surface area (Å²) in [5.41, 5.74) is 0.395. The molecule has 7 heteroatoms. The molecule has 0 spiro atoms. The third-order valence-corrected chi connectivity index (χ3v) is 3.13. The van der Waals surface area contributed by atoms with Crippen LogP contribution in [0.1, 0.15) is 0 Å². The van der Waals surface area contributed by atoms with Crippen molar-refractivity contribution in [1.29, 1.82) is 0 Å². The number of hydrogen-bond donors (Lipinski definition) is 1. The minimum atomic E-state index is -0.646. The average Bonchev–Trinajstić information content (AvgIpc) is 2.59. The van der Waals surface area contributed by atoms with Gasteiger partial charge in [0.25, 0.3) is 5.91 Å². The maximum absolute atomic E-state index is 11.8. The summed E-state index contributed by atoms with van der Waals surface area (Å²) in [4.78, 5) is 23.4. The highest BCUT2D eigenvalue weighted by molar-refractivity contribution is 6.31. The largest absolute Gasteiger partial charge is 0.495 e. The van der Waals surface area contributed by atoms with E-state index in [1.54, 1.807) is 42.5 Å². The summed E-state index contributed by atoms with van der Waals surface area (Å²) in [6, 6.07) is 13.6. The van der Waals surface area contributed by atoms with Crippen molar-refractivity contribution in [3.8, 4) is 11.5 Å². The third-order valence-electron chi connectivity index (χ3n) is 2.90. The van der Waals surface area contributed by atoms with Crippen LogP contribution in [0, 0.1) is 0 Å². The molecule has 0 radical (unpaired) electrons. The van der Waals surface area contributed by atoms with Crippen molar-refractivity contribution in [2.75, 3.05) is 25.6 Å². The molecule has 2 aromatic carbocycles. The van der Waals surface area contributed by atoms with Gasteiger partial charge in [-0.25, -0.2) is 4.79 Å². The summed E-state index contributed by atoms with van der Waals surface area (Å²) in [6.07, 6.45) is 0. The van der Waals surface area contributed by atoms with Crippen LogP contribution in [0.4, 0.5) is 5.69 Å². The Morgan fingerprint density at radius 1 is 1.08 bits per heavy atom. The summed E-state index contributed by atoms with van der Waals surface area (Å²) >= 11 is 5.88. The number of halogens is 1. The first-order valence-corrected chi connectivity index (χ1v) is 7.43. The Morgan fingerprint density at radius 2 is 1.83 bits per heavy atom. The van der Waals surface area contributed by atoms with E-state index in [1.165, 1.54) is 7.11 Å². The van der Waals surface area contributed by atoms with Crippen LogP contribution in [0.5, 0.6) is 11.5 Å². The first-order valence-electron chi connectivity index (χ1n) is 7.05. The van der Waals surface area contributed by atoms with Crippen molar-refractivity contribution in [2.45, 2.75) is 0 Å². The van der Waals surface area contributed by atoms with Crippen molar-refractivity contribution in [3.05, 3.63) is 53.6 Å². The van der Waals surface area contributed by atoms with Gasteiger partial charge in [0, 0.05) is 5.02 Å². The topological polar surface area (TPSA) is 73.9 Å². The summed E-state index contributed by atoms with van der Waals surface area (Å²) in [5.74, 6) is -0.162. The molecule has 0 aliphatic heterocycles. The molecule has 2 rings (SSSR count). The van der Waals surface area contributed by atoms with Crippen LogP contribution in [0.3, 0.4) is 0 Å². The van der Waals surface area contributed by atoms with Gasteiger partial charge in [-0.15, -0.1) is 0 Å². The standard InChI is InChI=1S/C17H16ClNO5/c1-22-15-8-7-12(18)9-14(15)19-16(20)10-24-17(21)11-23-13-5-3-2-4-6-13/h2-9H,10-11H2,1H3,(H,19,20). The van der Waals surface area contributed by atoms with Crippen LogP contribution in [0.2, 0.25) is 5.02 Å². The molecular formula is C17H16ClNO5. The third kappa shape index (κ3) is 5.48. The normalized spacial score (nSPS) is 9.92. The number of esters is 1. The summed E-state index contributed by atoms with van der Waals surface area (Å²) in [6.45, 7) is -0.718. The number of amides is 1. The van der Waals surface area contributed by atoms with Gasteiger partial charge in [-0.3, -0.25) is 4.79 Å². The Labute approximate surface area is 144 Å². The predicted molar refractivity (Wildman–Crippen MR) is 89.5 cm³/mol. The van der Waals surface area contributed by atoms with Gasteiger partial charge >= 0.3 is 5.97 Å². The molecule has 1 amide bonds. The van der Waals surface area contributed by atoms with E-state index in [0.717, 1.165) is 0 Å². The lowest BCUT2D eigenvalue weighted by Gasteiger charge is -2.11. The zero-order chi connectivity index (χ0) is 17.4. The molecule has 0 fully saturated rings. The molecular weight excluding hydrogens is 334 g/mol. The molecule has 0 aliphatic carbocycles. The van der Waals surface area contributed by atoms with Crippen LogP contribution in [-0.2, 0) is 14.3 Å². The Bertz CT molecular complexity index is 705. The Hall–Kier alpha value is -2.73. The smallest absolute Gasteiger partial charge is 0.344 e. The Kier molecular flexibility index (Phi) is 6.45. The van der Waals surface area contributed by atoms with Crippen molar-refractivity contribution >= 4 is 29.2 Å². The number of ether oxygens (including phenoxy) is 3. The van der Waals surface area contributed by atoms with Gasteiger partial charge in [0.2, 0.25) is 0 Å². The van der Waals surface area contributed by atoms with Crippen molar-refractivity contribution in [3.63, 3.8) is 0 Å². The van der Waals surface area contributed by atoms with Gasteiger partial charge in [0.05, 0.1) is 12.8 Å². The number of hydrogen-bond acceptors (Lipinski definition) is 5. The molecule has 0 aromatic heterocycles. The summed E-state index contributed by atoms with van der Waals surface area (Å²) in [5, 5.41) is 3.01. The maximum Gasteiger partial charge on any atom is 0.344 e. The Balaban J connectivity index is 1.78. The molecule has 0 heterocycles. The van der Waals surface area contributed by atoms with Crippen molar-refractivity contribution < 1.29 is 23.8 Å². The maximum atomic E-state index is 11.8. The number of nitrogens with one attached hydrogen (secondary N) is 1. The van der Waals surface area contributed by atoms with Gasteiger partial charge in [-0.1, -0.05) is 29.8 Å². The first kappa shape index (κ1) is 17.6. The Morgan fingerprint density at radius 3 is 2.54 bits per heavy atom. The number of carbonyl (C=O) groups is 2. The fourth-order valence-electron chi connectivity index (χ4n) is 1.81. The van der Waals surface area contributed by atoms with E-state index in [4.69, 9.17) is 25.8 Å². The molecule has 1 N–H and O–H groups in total. The van der Waals surface area contributed by atoms with Crippen LogP contribution in [0.25, 0.3) is 0 Å². The second-order valence-electron chi connectivity index (χ2n) is 4.66.